The molecule has 35 heavy (non-hydrogen) atoms. The fourth-order valence-electron chi connectivity index (χ4n) is 4.02. The molecule has 1 atom stereocenters. The Labute approximate surface area is 214 Å². The van der Waals surface area contributed by atoms with Crippen LogP contribution < -0.4 is 14.8 Å². The van der Waals surface area contributed by atoms with Crippen molar-refractivity contribution in [2.75, 3.05) is 32.2 Å². The van der Waals surface area contributed by atoms with Crippen molar-refractivity contribution in [2.24, 2.45) is 0 Å². The molecule has 0 bridgehead atoms. The van der Waals surface area contributed by atoms with Crippen molar-refractivity contribution >= 4 is 51.9 Å². The topological polar surface area (TPSA) is 77.1 Å². The molecule has 0 aromatic heterocycles. The minimum Gasteiger partial charge on any atom is -0.493 e. The molecule has 2 aromatic rings. The van der Waals surface area contributed by atoms with Crippen LogP contribution in [-0.2, 0) is 14.3 Å². The smallest absolute Gasteiger partial charge is 0.266 e. The van der Waals surface area contributed by atoms with Crippen LogP contribution in [0.5, 0.6) is 11.5 Å². The van der Waals surface area contributed by atoms with Gasteiger partial charge in [0.1, 0.15) is 4.32 Å². The zero-order chi connectivity index (χ0) is 24.9. The van der Waals surface area contributed by atoms with E-state index < -0.39 is 0 Å². The molecule has 7 nitrogen and oxygen atoms in total. The molecule has 0 saturated carbocycles. The summed E-state index contributed by atoms with van der Waals surface area (Å²) in [7, 11) is 1.53. The second-order valence-electron chi connectivity index (χ2n) is 8.44. The minimum atomic E-state index is -0.261. The highest BCUT2D eigenvalue weighted by Gasteiger charge is 2.34. The van der Waals surface area contributed by atoms with E-state index in [0.29, 0.717) is 27.3 Å². The fourth-order valence-corrected chi connectivity index (χ4v) is 5.30. The van der Waals surface area contributed by atoms with Crippen LogP contribution in [0.15, 0.2) is 41.3 Å². The lowest BCUT2D eigenvalue weighted by molar-refractivity contribution is -0.123. The number of amides is 2. The number of anilines is 1. The van der Waals surface area contributed by atoms with Gasteiger partial charge < -0.3 is 19.5 Å². The van der Waals surface area contributed by atoms with Gasteiger partial charge in [-0.05, 0) is 61.6 Å². The van der Waals surface area contributed by atoms with Gasteiger partial charge in [-0.2, -0.15) is 0 Å². The lowest BCUT2D eigenvalue weighted by atomic mass is 10.1. The number of nitrogens with one attached hydrogen (secondary N) is 1. The number of nitrogens with zero attached hydrogens (tertiary/aromatic N) is 1. The molecule has 2 heterocycles. The van der Waals surface area contributed by atoms with Crippen molar-refractivity contribution in [1.82, 2.24) is 4.90 Å². The molecule has 0 aliphatic carbocycles. The lowest BCUT2D eigenvalue weighted by Crippen LogP contribution is -2.35. The molecule has 184 valence electrons. The molecule has 2 saturated heterocycles. The van der Waals surface area contributed by atoms with Gasteiger partial charge in [0, 0.05) is 12.3 Å². The third-order valence-electron chi connectivity index (χ3n) is 5.87. The first-order valence-corrected chi connectivity index (χ1v) is 12.6. The minimum absolute atomic E-state index is 0.0419. The number of hydrogen-bond donors (Lipinski definition) is 1. The monoisotopic (exact) mass is 512 g/mol. The van der Waals surface area contributed by atoms with Gasteiger partial charge in [0.15, 0.2) is 18.1 Å². The zero-order valence-electron chi connectivity index (χ0n) is 20.0. The van der Waals surface area contributed by atoms with Crippen LogP contribution in [0.2, 0.25) is 0 Å². The number of methoxy groups -OCH3 is 1. The van der Waals surface area contributed by atoms with Gasteiger partial charge in [-0.3, -0.25) is 14.5 Å². The highest BCUT2D eigenvalue weighted by atomic mass is 32.2. The number of thioether (sulfide) groups is 1. The Morgan fingerprint density at radius 3 is 2.71 bits per heavy atom. The van der Waals surface area contributed by atoms with E-state index in [2.05, 4.69) is 5.32 Å². The first-order chi connectivity index (χ1) is 16.9. The number of benzene rings is 2. The molecule has 0 unspecified atom stereocenters. The second-order valence-corrected chi connectivity index (χ2v) is 10.1. The Balaban J connectivity index is 1.41. The van der Waals surface area contributed by atoms with E-state index in [0.717, 1.165) is 41.8 Å². The average Bonchev–Trinajstić information content (AvgIpc) is 3.44. The maximum absolute atomic E-state index is 12.9. The molecule has 1 N–H and O–H groups in total. The molecule has 2 aliphatic rings. The SMILES string of the molecule is COc1cc(/C=C2\SC(=S)N(C[C@@H]3CCCO3)C2=O)ccc1OCC(=O)Nc1c(C)cccc1C. The van der Waals surface area contributed by atoms with Crippen LogP contribution in [0.3, 0.4) is 0 Å². The van der Waals surface area contributed by atoms with Crippen molar-refractivity contribution in [2.45, 2.75) is 32.8 Å². The quantitative estimate of drug-likeness (QED) is 0.405. The van der Waals surface area contributed by atoms with Gasteiger partial charge >= 0.3 is 0 Å². The summed E-state index contributed by atoms with van der Waals surface area (Å²) < 4.78 is 17.4. The Hall–Kier alpha value is -2.88. The molecule has 0 spiro atoms. The van der Waals surface area contributed by atoms with Gasteiger partial charge in [0.25, 0.3) is 11.8 Å². The predicted molar refractivity (Wildman–Crippen MR) is 142 cm³/mol. The Kier molecular flexibility index (Phi) is 8.10. The highest BCUT2D eigenvalue weighted by molar-refractivity contribution is 8.26. The third kappa shape index (κ3) is 6.04. The van der Waals surface area contributed by atoms with Crippen LogP contribution in [-0.4, -0.2) is 54.0 Å². The first kappa shape index (κ1) is 25.2. The molecule has 2 aromatic carbocycles. The van der Waals surface area contributed by atoms with Crippen LogP contribution >= 0.6 is 24.0 Å². The van der Waals surface area contributed by atoms with E-state index >= 15 is 0 Å². The summed E-state index contributed by atoms with van der Waals surface area (Å²) in [6.45, 7) is 4.95. The molecule has 0 radical (unpaired) electrons. The van der Waals surface area contributed by atoms with Crippen molar-refractivity contribution in [3.8, 4) is 11.5 Å². The van der Waals surface area contributed by atoms with Crippen LogP contribution in [0.1, 0.15) is 29.5 Å². The van der Waals surface area contributed by atoms with E-state index in [1.807, 2.05) is 38.1 Å². The van der Waals surface area contributed by atoms with E-state index in [9.17, 15) is 9.59 Å². The summed E-state index contributed by atoms with van der Waals surface area (Å²) >= 11 is 6.71. The largest absolute Gasteiger partial charge is 0.493 e. The van der Waals surface area contributed by atoms with Gasteiger partial charge in [0.2, 0.25) is 0 Å². The van der Waals surface area contributed by atoms with Crippen molar-refractivity contribution < 1.29 is 23.8 Å². The molecule has 2 amide bonds. The zero-order valence-corrected chi connectivity index (χ0v) is 21.6. The van der Waals surface area contributed by atoms with E-state index in [1.165, 1.54) is 18.9 Å². The Morgan fingerprint density at radius 1 is 1.26 bits per heavy atom. The normalized spacial score (nSPS) is 18.9. The summed E-state index contributed by atoms with van der Waals surface area (Å²) in [5.74, 6) is 0.530. The van der Waals surface area contributed by atoms with E-state index in [1.54, 1.807) is 23.1 Å². The first-order valence-electron chi connectivity index (χ1n) is 11.4. The average molecular weight is 513 g/mol. The predicted octanol–water partition coefficient (Wildman–Crippen LogP) is 4.71. The molecular weight excluding hydrogens is 484 g/mol. The number of carbonyl (C=O) groups excluding carboxylic acids is 2. The molecule has 4 rings (SSSR count). The van der Waals surface area contributed by atoms with Gasteiger partial charge in [-0.1, -0.05) is 48.2 Å². The molecule has 2 aliphatic heterocycles. The Morgan fingerprint density at radius 2 is 2.03 bits per heavy atom. The number of ether oxygens (including phenoxy) is 3. The van der Waals surface area contributed by atoms with E-state index in [4.69, 9.17) is 26.4 Å². The number of thiocarbonyl (C=S) groups is 1. The van der Waals surface area contributed by atoms with E-state index in [-0.39, 0.29) is 24.5 Å². The third-order valence-corrected chi connectivity index (χ3v) is 7.25. The lowest BCUT2D eigenvalue weighted by Gasteiger charge is -2.18. The van der Waals surface area contributed by atoms with Crippen molar-refractivity contribution in [1.29, 1.82) is 0 Å². The van der Waals surface area contributed by atoms with Crippen LogP contribution in [0, 0.1) is 13.8 Å². The van der Waals surface area contributed by atoms with Gasteiger partial charge in [-0.15, -0.1) is 0 Å². The van der Waals surface area contributed by atoms with Crippen molar-refractivity contribution in [3.05, 3.63) is 58.0 Å². The van der Waals surface area contributed by atoms with Crippen LogP contribution in [0.4, 0.5) is 5.69 Å². The maximum Gasteiger partial charge on any atom is 0.266 e. The Bertz CT molecular complexity index is 1150. The summed E-state index contributed by atoms with van der Waals surface area (Å²) in [5.41, 5.74) is 3.54. The van der Waals surface area contributed by atoms with Gasteiger partial charge in [-0.25, -0.2) is 0 Å². The highest BCUT2D eigenvalue weighted by Crippen LogP contribution is 2.35. The van der Waals surface area contributed by atoms with Crippen LogP contribution in [0.25, 0.3) is 6.08 Å². The standard InChI is InChI=1S/C26H28N2O5S2/c1-16-6-4-7-17(2)24(16)27-23(29)15-33-20-10-9-18(12-21(20)31-3)13-22-25(30)28(26(34)35-22)14-19-8-5-11-32-19/h4,6-7,9-10,12-13,19H,5,8,11,14-15H2,1-3H3,(H,27,29)/b22-13-/t19-/m0/s1. The number of para-hydroxylation sites is 1. The summed E-state index contributed by atoms with van der Waals surface area (Å²) in [6.07, 6.45) is 3.78. The fraction of sp³-hybridized carbons (Fsp3) is 0.346. The number of aryl methyl sites for hydroxylation is 2. The van der Waals surface area contributed by atoms with Gasteiger partial charge in [0.05, 0.1) is 24.7 Å². The maximum atomic E-state index is 12.9. The number of hydrogen-bond acceptors (Lipinski definition) is 7. The summed E-state index contributed by atoms with van der Waals surface area (Å²) in [6, 6.07) is 11.2. The summed E-state index contributed by atoms with van der Waals surface area (Å²) in [5, 5.41) is 2.90. The summed E-state index contributed by atoms with van der Waals surface area (Å²) in [4.78, 5) is 27.5. The second kappa shape index (κ2) is 11.2. The van der Waals surface area contributed by atoms with Crippen molar-refractivity contribution in [3.63, 3.8) is 0 Å². The molecule has 9 heteroatoms. The number of carbonyl (C=O) groups is 2. The number of rotatable bonds is 8. The molecule has 2 fully saturated rings. The molecular formula is C26H28N2O5S2.